The Hall–Kier alpha value is -2.73. The van der Waals surface area contributed by atoms with Crippen LogP contribution in [0.3, 0.4) is 0 Å². The summed E-state index contributed by atoms with van der Waals surface area (Å²) in [6, 6.07) is 11.9. The first-order valence-corrected chi connectivity index (χ1v) is 8.28. The highest BCUT2D eigenvalue weighted by atomic mass is 19.1. The minimum Gasteiger partial charge on any atom is -0.377 e. The van der Waals surface area contributed by atoms with Crippen molar-refractivity contribution in [2.45, 2.75) is 24.9 Å². The van der Waals surface area contributed by atoms with Crippen LogP contribution >= 0.6 is 0 Å². The van der Waals surface area contributed by atoms with Gasteiger partial charge in [0.2, 0.25) is 5.91 Å². The molecule has 0 saturated carbocycles. The van der Waals surface area contributed by atoms with Gasteiger partial charge in [-0.3, -0.25) is 9.89 Å². The van der Waals surface area contributed by atoms with Crippen LogP contribution in [-0.2, 0) is 9.53 Å². The monoisotopic (exact) mass is 339 g/mol. The maximum absolute atomic E-state index is 13.2. The second-order valence-corrected chi connectivity index (χ2v) is 6.32. The number of H-pyrrole nitrogens is 1. The van der Waals surface area contributed by atoms with E-state index in [0.29, 0.717) is 12.3 Å². The van der Waals surface area contributed by atoms with Crippen LogP contribution in [0, 0.1) is 5.82 Å². The Labute approximate surface area is 144 Å². The summed E-state index contributed by atoms with van der Waals surface area (Å²) >= 11 is 0. The lowest BCUT2D eigenvalue weighted by Gasteiger charge is -2.20. The van der Waals surface area contributed by atoms with Gasteiger partial charge in [-0.2, -0.15) is 5.10 Å². The number of hydrogen-bond donors (Lipinski definition) is 2. The highest BCUT2D eigenvalue weighted by molar-refractivity contribution is 5.94. The smallest absolute Gasteiger partial charge is 0.227 e. The van der Waals surface area contributed by atoms with Crippen LogP contribution in [-0.4, -0.2) is 28.8 Å². The number of primary amides is 1. The van der Waals surface area contributed by atoms with Crippen LogP contribution in [0.25, 0.3) is 22.2 Å². The summed E-state index contributed by atoms with van der Waals surface area (Å²) < 4.78 is 18.9. The molecule has 2 unspecified atom stereocenters. The highest BCUT2D eigenvalue weighted by Crippen LogP contribution is 2.33. The Morgan fingerprint density at radius 1 is 1.28 bits per heavy atom. The molecule has 4 rings (SSSR count). The van der Waals surface area contributed by atoms with E-state index in [0.717, 1.165) is 34.9 Å². The van der Waals surface area contributed by atoms with Crippen molar-refractivity contribution in [3.63, 3.8) is 0 Å². The number of nitrogens with zero attached hydrogens (tertiary/aromatic N) is 1. The lowest BCUT2D eigenvalue weighted by Crippen LogP contribution is -2.31. The van der Waals surface area contributed by atoms with Crippen LogP contribution in [0.5, 0.6) is 0 Å². The van der Waals surface area contributed by atoms with E-state index in [9.17, 15) is 9.18 Å². The van der Waals surface area contributed by atoms with Crippen molar-refractivity contribution in [2.75, 3.05) is 6.61 Å². The maximum Gasteiger partial charge on any atom is 0.227 e. The summed E-state index contributed by atoms with van der Waals surface area (Å²) in [6.45, 7) is 0.656. The first-order valence-electron chi connectivity index (χ1n) is 8.28. The van der Waals surface area contributed by atoms with E-state index in [-0.39, 0.29) is 11.9 Å². The Balaban J connectivity index is 1.79. The number of rotatable bonds is 4. The SMILES string of the molecule is NC(=O)C(c1ccc2[nH]nc(-c3ccc(F)cc3)c2c1)C1CCCO1. The third-order valence-electron chi connectivity index (χ3n) is 4.71. The van der Waals surface area contributed by atoms with Gasteiger partial charge in [0.1, 0.15) is 5.82 Å². The molecule has 0 aliphatic carbocycles. The van der Waals surface area contributed by atoms with E-state index >= 15 is 0 Å². The largest absolute Gasteiger partial charge is 0.377 e. The van der Waals surface area contributed by atoms with E-state index < -0.39 is 11.8 Å². The number of benzene rings is 2. The molecule has 1 fully saturated rings. The van der Waals surface area contributed by atoms with Crippen LogP contribution in [0.15, 0.2) is 42.5 Å². The molecule has 128 valence electrons. The summed E-state index contributed by atoms with van der Waals surface area (Å²) in [4.78, 5) is 12.0. The molecule has 0 bridgehead atoms. The Morgan fingerprint density at radius 3 is 2.76 bits per heavy atom. The summed E-state index contributed by atoms with van der Waals surface area (Å²) in [6.07, 6.45) is 1.57. The van der Waals surface area contributed by atoms with Gasteiger partial charge < -0.3 is 10.5 Å². The Kier molecular flexibility index (Phi) is 3.97. The number of fused-ring (bicyclic) bond motifs is 1. The molecular weight excluding hydrogens is 321 g/mol. The van der Waals surface area contributed by atoms with Gasteiger partial charge in [0, 0.05) is 17.6 Å². The molecule has 2 heterocycles. The zero-order valence-corrected chi connectivity index (χ0v) is 13.5. The minimum atomic E-state index is -0.483. The van der Waals surface area contributed by atoms with Crippen LogP contribution < -0.4 is 5.73 Å². The molecule has 6 heteroatoms. The van der Waals surface area contributed by atoms with Crippen molar-refractivity contribution in [1.29, 1.82) is 0 Å². The van der Waals surface area contributed by atoms with Crippen molar-refractivity contribution in [2.24, 2.45) is 5.73 Å². The molecule has 0 radical (unpaired) electrons. The van der Waals surface area contributed by atoms with Crippen molar-refractivity contribution >= 4 is 16.8 Å². The minimum absolute atomic E-state index is 0.184. The van der Waals surface area contributed by atoms with E-state index in [1.807, 2.05) is 18.2 Å². The average Bonchev–Trinajstić information content (AvgIpc) is 3.25. The van der Waals surface area contributed by atoms with Gasteiger partial charge in [-0.1, -0.05) is 6.07 Å². The molecule has 1 amide bonds. The molecule has 1 aliphatic heterocycles. The van der Waals surface area contributed by atoms with E-state index in [1.54, 1.807) is 12.1 Å². The molecule has 1 aliphatic rings. The summed E-state index contributed by atoms with van der Waals surface area (Å²) in [5, 5.41) is 8.19. The van der Waals surface area contributed by atoms with Crippen LogP contribution in [0.4, 0.5) is 4.39 Å². The molecule has 3 aromatic rings. The third kappa shape index (κ3) is 2.89. The molecule has 0 spiro atoms. The molecule has 2 aromatic carbocycles. The van der Waals surface area contributed by atoms with Crippen molar-refractivity contribution in [1.82, 2.24) is 10.2 Å². The Morgan fingerprint density at radius 2 is 2.08 bits per heavy atom. The van der Waals surface area contributed by atoms with Gasteiger partial charge in [-0.15, -0.1) is 0 Å². The second-order valence-electron chi connectivity index (χ2n) is 6.32. The second kappa shape index (κ2) is 6.29. The molecular formula is C19H18FN3O2. The van der Waals surface area contributed by atoms with Crippen molar-refractivity contribution in [3.8, 4) is 11.3 Å². The lowest BCUT2D eigenvalue weighted by molar-refractivity contribution is -0.122. The van der Waals surface area contributed by atoms with Crippen molar-refractivity contribution in [3.05, 3.63) is 53.8 Å². The molecule has 1 saturated heterocycles. The number of carbonyl (C=O) groups is 1. The number of aromatic nitrogens is 2. The van der Waals surface area contributed by atoms with E-state index in [4.69, 9.17) is 10.5 Å². The predicted octanol–water partition coefficient (Wildman–Crippen LogP) is 3.12. The quantitative estimate of drug-likeness (QED) is 0.766. The van der Waals surface area contributed by atoms with Gasteiger partial charge in [0.15, 0.2) is 0 Å². The van der Waals surface area contributed by atoms with Gasteiger partial charge >= 0.3 is 0 Å². The Bertz CT molecular complexity index is 914. The van der Waals surface area contributed by atoms with Gasteiger partial charge in [0.05, 0.1) is 23.2 Å². The fourth-order valence-corrected chi connectivity index (χ4v) is 3.48. The lowest BCUT2D eigenvalue weighted by atomic mass is 9.90. The fraction of sp³-hybridized carbons (Fsp3) is 0.263. The normalized spacial score (nSPS) is 18.5. The zero-order chi connectivity index (χ0) is 17.4. The number of nitrogens with two attached hydrogens (primary N) is 1. The number of hydrogen-bond acceptors (Lipinski definition) is 3. The molecule has 25 heavy (non-hydrogen) atoms. The predicted molar refractivity (Wildman–Crippen MR) is 92.4 cm³/mol. The molecule has 5 nitrogen and oxygen atoms in total. The van der Waals surface area contributed by atoms with Gasteiger partial charge in [-0.05, 0) is 54.8 Å². The zero-order valence-electron chi connectivity index (χ0n) is 13.5. The van der Waals surface area contributed by atoms with Crippen LogP contribution in [0.2, 0.25) is 0 Å². The van der Waals surface area contributed by atoms with Crippen molar-refractivity contribution < 1.29 is 13.9 Å². The number of ether oxygens (including phenoxy) is 1. The molecule has 3 N–H and O–H groups in total. The first-order chi connectivity index (χ1) is 12.1. The third-order valence-corrected chi connectivity index (χ3v) is 4.71. The van der Waals surface area contributed by atoms with Gasteiger partial charge in [0.25, 0.3) is 0 Å². The number of carbonyl (C=O) groups excluding carboxylic acids is 1. The maximum atomic E-state index is 13.2. The number of amides is 1. The molecule has 1 aromatic heterocycles. The van der Waals surface area contributed by atoms with E-state index in [2.05, 4.69) is 10.2 Å². The topological polar surface area (TPSA) is 81.0 Å². The number of halogens is 1. The summed E-state index contributed by atoms with van der Waals surface area (Å²) in [5.74, 6) is -1.17. The summed E-state index contributed by atoms with van der Waals surface area (Å²) in [7, 11) is 0. The average molecular weight is 339 g/mol. The van der Waals surface area contributed by atoms with Gasteiger partial charge in [-0.25, -0.2) is 4.39 Å². The highest BCUT2D eigenvalue weighted by Gasteiger charge is 2.32. The standard InChI is InChI=1S/C19H18FN3O2/c20-13-6-3-11(4-7-13)18-14-10-12(5-8-15(14)22-23-18)17(19(21)24)16-2-1-9-25-16/h3-8,10,16-17H,1-2,9H2,(H2,21,24)(H,22,23). The summed E-state index contributed by atoms with van der Waals surface area (Å²) in [5.41, 5.74) is 8.83. The van der Waals surface area contributed by atoms with Crippen LogP contribution in [0.1, 0.15) is 24.3 Å². The first kappa shape index (κ1) is 15.8. The number of nitrogens with one attached hydrogen (secondary N) is 1. The molecule has 2 atom stereocenters. The van der Waals surface area contributed by atoms with E-state index in [1.165, 1.54) is 12.1 Å². The fourth-order valence-electron chi connectivity index (χ4n) is 3.48. The number of aromatic amines is 1.